The third-order valence-electron chi connectivity index (χ3n) is 3.80. The monoisotopic (exact) mass is 299 g/mol. The molecule has 0 saturated heterocycles. The molecule has 0 unspecified atom stereocenters. The average molecular weight is 299 g/mol. The fourth-order valence-corrected chi connectivity index (χ4v) is 2.42. The zero-order valence-electron chi connectivity index (χ0n) is 12.8. The lowest BCUT2D eigenvalue weighted by atomic mass is 10.0. The van der Waals surface area contributed by atoms with Crippen LogP contribution < -0.4 is 10.2 Å². The van der Waals surface area contributed by atoms with Crippen molar-refractivity contribution in [2.75, 3.05) is 6.61 Å². The molecule has 116 valence electrons. The number of fused-ring (bicyclic) bond motifs is 1. The Kier molecular flexibility index (Phi) is 4.59. The van der Waals surface area contributed by atoms with Crippen LogP contribution in [0.15, 0.2) is 36.4 Å². The summed E-state index contributed by atoms with van der Waals surface area (Å²) in [6, 6.07) is 12.1. The molecule has 1 fully saturated rings. The van der Waals surface area contributed by atoms with E-state index in [1.165, 1.54) is 0 Å². The van der Waals surface area contributed by atoms with E-state index in [0.29, 0.717) is 13.2 Å². The second-order valence-corrected chi connectivity index (χ2v) is 5.64. The molecule has 22 heavy (non-hydrogen) atoms. The molecule has 0 spiro atoms. The first-order valence-corrected chi connectivity index (χ1v) is 7.84. The third kappa shape index (κ3) is 3.39. The topological polar surface area (TPSA) is 47.6 Å². The molecule has 0 radical (unpaired) electrons. The van der Waals surface area contributed by atoms with E-state index in [0.717, 1.165) is 41.3 Å². The Bertz CT molecular complexity index is 664. The van der Waals surface area contributed by atoms with Crippen LogP contribution in [0.2, 0.25) is 0 Å². The summed E-state index contributed by atoms with van der Waals surface area (Å²) in [6.45, 7) is 3.05. The lowest BCUT2D eigenvalue weighted by Gasteiger charge is -2.14. The number of hydroxylamine groups is 1. The smallest absolute Gasteiger partial charge is 0.246 e. The van der Waals surface area contributed by atoms with Crippen molar-refractivity contribution in [2.45, 2.75) is 32.8 Å². The van der Waals surface area contributed by atoms with Gasteiger partial charge in [-0.1, -0.05) is 37.3 Å². The molecular weight excluding hydrogens is 278 g/mol. The highest BCUT2D eigenvalue weighted by molar-refractivity contribution is 5.87. The number of rotatable bonds is 7. The van der Waals surface area contributed by atoms with Crippen LogP contribution in [0.5, 0.6) is 5.75 Å². The van der Waals surface area contributed by atoms with Gasteiger partial charge in [-0.3, -0.25) is 9.63 Å². The van der Waals surface area contributed by atoms with Crippen LogP contribution in [0.25, 0.3) is 10.8 Å². The number of amides is 1. The summed E-state index contributed by atoms with van der Waals surface area (Å²) in [6.07, 6.45) is 2.88. The van der Waals surface area contributed by atoms with Gasteiger partial charge in [0.05, 0.1) is 6.61 Å². The fourth-order valence-electron chi connectivity index (χ4n) is 2.42. The highest BCUT2D eigenvalue weighted by Gasteiger charge is 2.29. The first kappa shape index (κ1) is 14.9. The molecule has 1 amide bonds. The zero-order chi connectivity index (χ0) is 15.4. The standard InChI is InChI=1S/C18H21NO3/c1-2-11-21-17-10-9-13-5-3-4-6-15(13)16(17)12-22-19-18(20)14-7-8-14/h3-6,9-10,14H,2,7-8,11-12H2,1H3,(H,19,20). The summed E-state index contributed by atoms with van der Waals surface area (Å²) in [5.74, 6) is 0.945. The van der Waals surface area contributed by atoms with Gasteiger partial charge in [0.1, 0.15) is 12.4 Å². The largest absolute Gasteiger partial charge is 0.493 e. The summed E-state index contributed by atoms with van der Waals surface area (Å²) in [5, 5.41) is 2.23. The molecule has 1 aliphatic rings. The Morgan fingerprint density at radius 3 is 2.82 bits per heavy atom. The molecule has 2 aromatic rings. The molecule has 0 aromatic heterocycles. The van der Waals surface area contributed by atoms with Crippen molar-refractivity contribution in [1.82, 2.24) is 5.48 Å². The zero-order valence-corrected chi connectivity index (χ0v) is 12.8. The molecule has 0 bridgehead atoms. The van der Waals surface area contributed by atoms with Gasteiger partial charge in [0, 0.05) is 11.5 Å². The number of hydrogen-bond acceptors (Lipinski definition) is 3. The molecule has 4 nitrogen and oxygen atoms in total. The van der Waals surface area contributed by atoms with Crippen LogP contribution in [0.3, 0.4) is 0 Å². The normalized spacial score (nSPS) is 14.0. The van der Waals surface area contributed by atoms with E-state index >= 15 is 0 Å². The molecular formula is C18H21NO3. The van der Waals surface area contributed by atoms with Crippen LogP contribution in [0.1, 0.15) is 31.7 Å². The molecule has 1 aliphatic carbocycles. The van der Waals surface area contributed by atoms with Gasteiger partial charge in [-0.25, -0.2) is 5.48 Å². The first-order chi connectivity index (χ1) is 10.8. The van der Waals surface area contributed by atoms with Gasteiger partial charge < -0.3 is 4.74 Å². The van der Waals surface area contributed by atoms with Gasteiger partial charge >= 0.3 is 0 Å². The van der Waals surface area contributed by atoms with Gasteiger partial charge in [0.25, 0.3) is 0 Å². The molecule has 0 aliphatic heterocycles. The molecule has 3 rings (SSSR count). The molecule has 0 heterocycles. The van der Waals surface area contributed by atoms with E-state index in [1.807, 2.05) is 24.3 Å². The van der Waals surface area contributed by atoms with Gasteiger partial charge in [-0.05, 0) is 36.1 Å². The van der Waals surface area contributed by atoms with Crippen molar-refractivity contribution in [3.63, 3.8) is 0 Å². The maximum absolute atomic E-state index is 11.6. The summed E-state index contributed by atoms with van der Waals surface area (Å²) in [4.78, 5) is 17.1. The van der Waals surface area contributed by atoms with Crippen LogP contribution in [-0.2, 0) is 16.2 Å². The van der Waals surface area contributed by atoms with Gasteiger partial charge in [0.15, 0.2) is 0 Å². The summed E-state index contributed by atoms with van der Waals surface area (Å²) in [7, 11) is 0. The van der Waals surface area contributed by atoms with E-state index in [9.17, 15) is 4.79 Å². The lowest BCUT2D eigenvalue weighted by molar-refractivity contribution is -0.135. The number of hydrogen-bond donors (Lipinski definition) is 1. The highest BCUT2D eigenvalue weighted by Crippen LogP contribution is 2.30. The van der Waals surface area contributed by atoms with Crippen molar-refractivity contribution < 1.29 is 14.4 Å². The Hall–Kier alpha value is -2.07. The second-order valence-electron chi connectivity index (χ2n) is 5.64. The van der Waals surface area contributed by atoms with Crippen LogP contribution in [0, 0.1) is 5.92 Å². The maximum Gasteiger partial charge on any atom is 0.246 e. The molecule has 1 N–H and O–H groups in total. The van der Waals surface area contributed by atoms with E-state index in [4.69, 9.17) is 9.57 Å². The van der Waals surface area contributed by atoms with Crippen LogP contribution in [0.4, 0.5) is 0 Å². The quantitative estimate of drug-likeness (QED) is 0.795. The van der Waals surface area contributed by atoms with Crippen molar-refractivity contribution in [3.05, 3.63) is 42.0 Å². The maximum atomic E-state index is 11.6. The minimum absolute atomic E-state index is 0.0173. The van der Waals surface area contributed by atoms with Crippen molar-refractivity contribution in [3.8, 4) is 5.75 Å². The fraction of sp³-hybridized carbons (Fsp3) is 0.389. The number of carbonyl (C=O) groups excluding carboxylic acids is 1. The minimum Gasteiger partial charge on any atom is -0.493 e. The highest BCUT2D eigenvalue weighted by atomic mass is 16.7. The Labute approximate surface area is 130 Å². The van der Waals surface area contributed by atoms with Gasteiger partial charge in [0.2, 0.25) is 5.91 Å². The SMILES string of the molecule is CCCOc1ccc2ccccc2c1CONC(=O)C1CC1. The van der Waals surface area contributed by atoms with E-state index in [1.54, 1.807) is 0 Å². The van der Waals surface area contributed by atoms with Crippen molar-refractivity contribution in [1.29, 1.82) is 0 Å². The van der Waals surface area contributed by atoms with Crippen LogP contribution >= 0.6 is 0 Å². The average Bonchev–Trinajstić information content (AvgIpc) is 3.38. The molecule has 0 atom stereocenters. The van der Waals surface area contributed by atoms with Crippen LogP contribution in [-0.4, -0.2) is 12.5 Å². The van der Waals surface area contributed by atoms with E-state index < -0.39 is 0 Å². The third-order valence-corrected chi connectivity index (χ3v) is 3.80. The Balaban J connectivity index is 1.78. The summed E-state index contributed by atoms with van der Waals surface area (Å²) >= 11 is 0. The number of benzene rings is 2. The van der Waals surface area contributed by atoms with Gasteiger partial charge in [-0.15, -0.1) is 0 Å². The first-order valence-electron chi connectivity index (χ1n) is 7.84. The second kappa shape index (κ2) is 6.79. The number of carbonyl (C=O) groups is 1. The molecule has 1 saturated carbocycles. The van der Waals surface area contributed by atoms with E-state index in [-0.39, 0.29) is 11.8 Å². The molecule has 4 heteroatoms. The van der Waals surface area contributed by atoms with Crippen molar-refractivity contribution >= 4 is 16.7 Å². The minimum atomic E-state index is -0.0173. The number of ether oxygens (including phenoxy) is 1. The predicted octanol–water partition coefficient (Wildman–Crippen LogP) is 3.59. The molecule has 2 aromatic carbocycles. The number of nitrogens with one attached hydrogen (secondary N) is 1. The van der Waals surface area contributed by atoms with E-state index in [2.05, 4.69) is 24.5 Å². The summed E-state index contributed by atoms with van der Waals surface area (Å²) < 4.78 is 5.82. The van der Waals surface area contributed by atoms with Gasteiger partial charge in [-0.2, -0.15) is 0 Å². The predicted molar refractivity (Wildman–Crippen MR) is 85.4 cm³/mol. The lowest BCUT2D eigenvalue weighted by Crippen LogP contribution is -2.25. The summed E-state index contributed by atoms with van der Waals surface area (Å²) in [5.41, 5.74) is 3.52. The Morgan fingerprint density at radius 1 is 1.23 bits per heavy atom. The Morgan fingerprint density at radius 2 is 2.05 bits per heavy atom. The van der Waals surface area contributed by atoms with Crippen molar-refractivity contribution in [2.24, 2.45) is 5.92 Å².